The van der Waals surface area contributed by atoms with E-state index in [-0.39, 0.29) is 0 Å². The molecule has 0 atom stereocenters. The molecule has 4 heteroatoms. The largest absolute Gasteiger partial charge is 0.372 e. The average molecular weight is 395 g/mol. The Morgan fingerprint density at radius 1 is 1.00 bits per heavy atom. The predicted octanol–water partition coefficient (Wildman–Crippen LogP) is 4.36. The third kappa shape index (κ3) is 6.94. The van der Waals surface area contributed by atoms with E-state index in [9.17, 15) is 4.79 Å². The number of aldehydes is 1. The summed E-state index contributed by atoms with van der Waals surface area (Å²) in [4.78, 5) is 15.4. The molecule has 2 aliphatic rings. The molecule has 3 nitrogen and oxygen atoms in total. The Labute approximate surface area is 155 Å². The topological polar surface area (TPSA) is 23.6 Å². The molecule has 3 rings (SSSR count). The van der Waals surface area contributed by atoms with E-state index in [1.807, 2.05) is 0 Å². The van der Waals surface area contributed by atoms with Crippen LogP contribution in [0.2, 0.25) is 0 Å². The van der Waals surface area contributed by atoms with Gasteiger partial charge in [0.15, 0.2) is 0 Å². The van der Waals surface area contributed by atoms with E-state index >= 15 is 0 Å². The lowest BCUT2D eigenvalue weighted by Gasteiger charge is -2.29. The van der Waals surface area contributed by atoms with Crippen LogP contribution in [-0.2, 0) is 4.79 Å². The molecule has 2 heterocycles. The molecule has 1 aromatic carbocycles. The number of anilines is 1. The summed E-state index contributed by atoms with van der Waals surface area (Å²) in [6.07, 6.45) is 8.57. The Kier molecular flexibility index (Phi) is 9.44. The van der Waals surface area contributed by atoms with Crippen molar-refractivity contribution in [2.75, 3.05) is 43.0 Å². The average Bonchev–Trinajstić information content (AvgIpc) is 2.69. The highest BCUT2D eigenvalue weighted by molar-refractivity contribution is 9.09. The fourth-order valence-corrected chi connectivity index (χ4v) is 3.64. The summed E-state index contributed by atoms with van der Waals surface area (Å²) in [5.74, 6) is 0.338. The van der Waals surface area contributed by atoms with E-state index in [0.717, 1.165) is 37.5 Å². The lowest BCUT2D eigenvalue weighted by atomic mass is 9.99. The zero-order chi connectivity index (χ0) is 17.0. The van der Waals surface area contributed by atoms with Crippen molar-refractivity contribution in [1.29, 1.82) is 0 Å². The van der Waals surface area contributed by atoms with Gasteiger partial charge in [0, 0.05) is 30.0 Å². The van der Waals surface area contributed by atoms with Gasteiger partial charge in [-0.2, -0.15) is 0 Å². The molecule has 0 amide bonds. The number of likely N-dealkylation sites (tertiary alicyclic amines) is 1. The van der Waals surface area contributed by atoms with Gasteiger partial charge in [0.25, 0.3) is 0 Å². The van der Waals surface area contributed by atoms with E-state index in [4.69, 9.17) is 0 Å². The second kappa shape index (κ2) is 11.6. The zero-order valence-corrected chi connectivity index (χ0v) is 16.3. The van der Waals surface area contributed by atoms with Crippen molar-refractivity contribution >= 4 is 27.9 Å². The number of para-hydroxylation sites is 1. The summed E-state index contributed by atoms with van der Waals surface area (Å²) in [6.45, 7) is 5.87. The summed E-state index contributed by atoms with van der Waals surface area (Å²) >= 11 is 3.42. The van der Waals surface area contributed by atoms with Crippen LogP contribution in [0.5, 0.6) is 0 Å². The zero-order valence-electron chi connectivity index (χ0n) is 14.7. The normalized spacial score (nSPS) is 19.5. The summed E-state index contributed by atoms with van der Waals surface area (Å²) in [5.41, 5.74) is 1.39. The van der Waals surface area contributed by atoms with Crippen molar-refractivity contribution in [3.05, 3.63) is 30.3 Å². The fraction of sp³-hybridized carbons (Fsp3) is 0.650. The van der Waals surface area contributed by atoms with Crippen molar-refractivity contribution in [3.8, 4) is 0 Å². The molecular weight excluding hydrogens is 364 g/mol. The maximum absolute atomic E-state index is 10.5. The Balaban J connectivity index is 0.000000174. The van der Waals surface area contributed by atoms with Crippen LogP contribution < -0.4 is 4.90 Å². The molecular formula is C20H31BrN2O. The summed E-state index contributed by atoms with van der Waals surface area (Å²) < 4.78 is 0. The van der Waals surface area contributed by atoms with Crippen molar-refractivity contribution in [3.63, 3.8) is 0 Å². The molecule has 0 N–H and O–H groups in total. The fourth-order valence-electron chi connectivity index (χ4n) is 3.39. The van der Waals surface area contributed by atoms with E-state index in [2.05, 4.69) is 56.1 Å². The Morgan fingerprint density at radius 2 is 1.67 bits per heavy atom. The molecule has 2 aliphatic heterocycles. The van der Waals surface area contributed by atoms with Gasteiger partial charge in [-0.3, -0.25) is 0 Å². The van der Waals surface area contributed by atoms with Crippen LogP contribution in [-0.4, -0.2) is 49.2 Å². The summed E-state index contributed by atoms with van der Waals surface area (Å²) in [5, 5.41) is 1.08. The number of carbonyl (C=O) groups excluding carboxylic acids is 1. The molecule has 0 aromatic heterocycles. The maximum atomic E-state index is 10.5. The van der Waals surface area contributed by atoms with Gasteiger partial charge in [-0.05, 0) is 70.3 Å². The highest BCUT2D eigenvalue weighted by atomic mass is 79.9. The minimum absolute atomic E-state index is 0.338. The second-order valence-corrected chi connectivity index (χ2v) is 7.53. The molecule has 1 aromatic rings. The standard InChI is InChI=1S/C11H15N.C9H16BrNO/c1-3-7-11(8-4-1)12-9-5-2-6-10-12;10-4-1-5-11-6-2-9(8-12)3-7-11/h1,3-4,7-8H,2,5-6,9-10H2;8-9H,1-7H2. The van der Waals surface area contributed by atoms with Crippen LogP contribution in [0.3, 0.4) is 0 Å². The Bertz CT molecular complexity index is 440. The number of carbonyl (C=O) groups is 1. The van der Waals surface area contributed by atoms with Gasteiger partial charge in [-0.25, -0.2) is 0 Å². The molecule has 0 aliphatic carbocycles. The molecule has 2 fully saturated rings. The van der Waals surface area contributed by atoms with Gasteiger partial charge in [0.1, 0.15) is 6.29 Å². The van der Waals surface area contributed by atoms with Crippen LogP contribution in [0.15, 0.2) is 30.3 Å². The second-order valence-electron chi connectivity index (χ2n) is 6.74. The molecule has 0 bridgehead atoms. The quantitative estimate of drug-likeness (QED) is 0.547. The number of hydrogen-bond donors (Lipinski definition) is 0. The van der Waals surface area contributed by atoms with Crippen LogP contribution in [0.25, 0.3) is 0 Å². The molecule has 134 valence electrons. The minimum atomic E-state index is 0.338. The van der Waals surface area contributed by atoms with Gasteiger partial charge >= 0.3 is 0 Å². The van der Waals surface area contributed by atoms with Crippen molar-refractivity contribution in [2.24, 2.45) is 5.92 Å². The third-order valence-corrected chi connectivity index (χ3v) is 5.47. The van der Waals surface area contributed by atoms with Crippen LogP contribution >= 0.6 is 15.9 Å². The van der Waals surface area contributed by atoms with Gasteiger partial charge in [-0.1, -0.05) is 34.1 Å². The van der Waals surface area contributed by atoms with E-state index in [1.54, 1.807) is 0 Å². The predicted molar refractivity (Wildman–Crippen MR) is 106 cm³/mol. The molecule has 0 spiro atoms. The number of nitrogens with zero attached hydrogens (tertiary/aromatic N) is 2. The smallest absolute Gasteiger partial charge is 0.123 e. The van der Waals surface area contributed by atoms with Gasteiger partial charge in [0.05, 0.1) is 0 Å². The highest BCUT2D eigenvalue weighted by Crippen LogP contribution is 2.18. The Morgan fingerprint density at radius 3 is 2.25 bits per heavy atom. The van der Waals surface area contributed by atoms with E-state index in [1.165, 1.54) is 51.0 Å². The van der Waals surface area contributed by atoms with Crippen LogP contribution in [0.1, 0.15) is 38.5 Å². The SMILES string of the molecule is O=CC1CCN(CCCBr)CC1.c1ccc(N2CCCCC2)cc1. The number of alkyl halides is 1. The lowest BCUT2D eigenvalue weighted by Crippen LogP contribution is -2.34. The van der Waals surface area contributed by atoms with Gasteiger partial charge < -0.3 is 14.6 Å². The number of benzene rings is 1. The number of hydrogen-bond acceptors (Lipinski definition) is 3. The van der Waals surface area contributed by atoms with Gasteiger partial charge in [-0.15, -0.1) is 0 Å². The molecule has 0 saturated carbocycles. The monoisotopic (exact) mass is 394 g/mol. The van der Waals surface area contributed by atoms with Crippen LogP contribution in [0.4, 0.5) is 5.69 Å². The first kappa shape index (κ1) is 19.5. The highest BCUT2D eigenvalue weighted by Gasteiger charge is 2.17. The number of halogens is 1. The van der Waals surface area contributed by atoms with E-state index in [0.29, 0.717) is 5.92 Å². The van der Waals surface area contributed by atoms with Crippen molar-refractivity contribution in [2.45, 2.75) is 38.5 Å². The summed E-state index contributed by atoms with van der Waals surface area (Å²) in [6, 6.07) is 10.7. The number of piperidine rings is 2. The van der Waals surface area contributed by atoms with Crippen molar-refractivity contribution < 1.29 is 4.79 Å². The minimum Gasteiger partial charge on any atom is -0.372 e. The molecule has 24 heavy (non-hydrogen) atoms. The first-order valence-corrected chi connectivity index (χ1v) is 10.5. The maximum Gasteiger partial charge on any atom is 0.123 e. The summed E-state index contributed by atoms with van der Waals surface area (Å²) in [7, 11) is 0. The molecule has 0 unspecified atom stereocenters. The van der Waals surface area contributed by atoms with Crippen molar-refractivity contribution in [1.82, 2.24) is 4.90 Å². The van der Waals surface area contributed by atoms with Gasteiger partial charge in [0.2, 0.25) is 0 Å². The lowest BCUT2D eigenvalue weighted by molar-refractivity contribution is -0.112. The third-order valence-electron chi connectivity index (χ3n) is 4.91. The molecule has 2 saturated heterocycles. The molecule has 0 radical (unpaired) electrons. The Hall–Kier alpha value is -0.870. The first-order valence-electron chi connectivity index (χ1n) is 9.37. The van der Waals surface area contributed by atoms with Crippen LogP contribution in [0, 0.1) is 5.92 Å². The number of rotatable bonds is 5. The van der Waals surface area contributed by atoms with E-state index < -0.39 is 0 Å². The first-order chi connectivity index (χ1) is 11.8.